The fourth-order valence-corrected chi connectivity index (χ4v) is 2.22. The Kier molecular flexibility index (Phi) is 1.90. The van der Waals surface area contributed by atoms with Crippen molar-refractivity contribution in [2.75, 3.05) is 13.1 Å². The van der Waals surface area contributed by atoms with Crippen LogP contribution in [0.2, 0.25) is 0 Å². The van der Waals surface area contributed by atoms with Crippen molar-refractivity contribution in [1.29, 1.82) is 0 Å². The van der Waals surface area contributed by atoms with Crippen molar-refractivity contribution in [1.82, 2.24) is 4.90 Å². The summed E-state index contributed by atoms with van der Waals surface area (Å²) in [5.74, 6) is 0. The van der Waals surface area contributed by atoms with Gasteiger partial charge < -0.3 is 10.8 Å². The number of hydrogen-bond acceptors (Lipinski definition) is 3. The zero-order valence-electron chi connectivity index (χ0n) is 7.66. The fraction of sp³-hybridized carbons (Fsp3) is 1.00. The molecule has 0 bridgehead atoms. The van der Waals surface area contributed by atoms with Crippen LogP contribution in [0.15, 0.2) is 0 Å². The van der Waals surface area contributed by atoms with Crippen molar-refractivity contribution in [3.63, 3.8) is 0 Å². The van der Waals surface area contributed by atoms with Gasteiger partial charge in [0.15, 0.2) is 0 Å². The average molecular weight is 170 g/mol. The van der Waals surface area contributed by atoms with Gasteiger partial charge in [-0.05, 0) is 26.2 Å². The Balaban J connectivity index is 1.84. The van der Waals surface area contributed by atoms with Crippen molar-refractivity contribution in [2.24, 2.45) is 5.73 Å². The smallest absolute Gasteiger partial charge is 0.0758 e. The predicted octanol–water partition coefficient (Wildman–Crippen LogP) is -0.0672. The van der Waals surface area contributed by atoms with Crippen LogP contribution in [0, 0.1) is 0 Å². The highest BCUT2D eigenvalue weighted by Gasteiger charge is 2.39. The van der Waals surface area contributed by atoms with Crippen LogP contribution in [0.25, 0.3) is 0 Å². The first-order valence-corrected chi connectivity index (χ1v) is 4.79. The Morgan fingerprint density at radius 3 is 2.58 bits per heavy atom. The van der Waals surface area contributed by atoms with Gasteiger partial charge in [0.05, 0.1) is 5.60 Å². The number of rotatable bonds is 1. The van der Waals surface area contributed by atoms with E-state index >= 15 is 0 Å². The van der Waals surface area contributed by atoms with Crippen LogP contribution in [0.5, 0.6) is 0 Å². The van der Waals surface area contributed by atoms with E-state index in [0.717, 1.165) is 32.4 Å². The summed E-state index contributed by atoms with van der Waals surface area (Å²) < 4.78 is 0. The van der Waals surface area contributed by atoms with E-state index in [9.17, 15) is 5.11 Å². The van der Waals surface area contributed by atoms with Crippen molar-refractivity contribution in [3.8, 4) is 0 Å². The molecule has 2 rings (SSSR count). The molecule has 0 aromatic heterocycles. The van der Waals surface area contributed by atoms with Gasteiger partial charge in [-0.15, -0.1) is 0 Å². The molecule has 1 atom stereocenters. The van der Waals surface area contributed by atoms with Crippen LogP contribution in [-0.2, 0) is 0 Å². The quantitative estimate of drug-likeness (QED) is 0.579. The summed E-state index contributed by atoms with van der Waals surface area (Å²) in [6.45, 7) is 3.81. The van der Waals surface area contributed by atoms with E-state index in [-0.39, 0.29) is 0 Å². The van der Waals surface area contributed by atoms with Crippen LogP contribution >= 0.6 is 0 Å². The number of β-amino-alcohol motifs (C(OH)–C–C–N with tert-alkyl or cyclic N) is 1. The molecular formula is C9H18N2O. The first-order chi connectivity index (χ1) is 5.57. The topological polar surface area (TPSA) is 49.5 Å². The molecule has 2 fully saturated rings. The Labute approximate surface area is 73.5 Å². The summed E-state index contributed by atoms with van der Waals surface area (Å²) in [4.78, 5) is 2.38. The summed E-state index contributed by atoms with van der Waals surface area (Å²) in [6, 6.07) is 1.08. The number of nitrogens with zero attached hydrogens (tertiary/aromatic N) is 1. The molecule has 1 unspecified atom stereocenters. The number of likely N-dealkylation sites (tertiary alicyclic amines) is 1. The molecule has 1 saturated carbocycles. The van der Waals surface area contributed by atoms with Gasteiger partial charge in [0.25, 0.3) is 0 Å². The Morgan fingerprint density at radius 2 is 2.17 bits per heavy atom. The van der Waals surface area contributed by atoms with E-state index in [1.54, 1.807) is 0 Å². The largest absolute Gasteiger partial charge is 0.389 e. The third-order valence-electron chi connectivity index (χ3n) is 3.15. The van der Waals surface area contributed by atoms with Gasteiger partial charge in [-0.25, -0.2) is 0 Å². The molecular weight excluding hydrogens is 152 g/mol. The molecule has 0 spiro atoms. The van der Waals surface area contributed by atoms with Gasteiger partial charge in [0.1, 0.15) is 0 Å². The molecule has 3 N–H and O–H groups in total. The van der Waals surface area contributed by atoms with Crippen molar-refractivity contribution >= 4 is 0 Å². The zero-order valence-corrected chi connectivity index (χ0v) is 7.66. The molecule has 3 heteroatoms. The van der Waals surface area contributed by atoms with Crippen LogP contribution in [0.3, 0.4) is 0 Å². The molecule has 0 aromatic carbocycles. The molecule has 0 amide bonds. The second-order valence-electron chi connectivity index (χ2n) is 4.60. The minimum Gasteiger partial charge on any atom is -0.389 e. The van der Waals surface area contributed by atoms with E-state index < -0.39 is 5.60 Å². The Bertz CT molecular complexity index is 175. The van der Waals surface area contributed by atoms with E-state index in [4.69, 9.17) is 5.73 Å². The van der Waals surface area contributed by atoms with Crippen LogP contribution < -0.4 is 5.73 Å². The summed E-state index contributed by atoms with van der Waals surface area (Å²) in [5.41, 5.74) is 5.27. The van der Waals surface area contributed by atoms with E-state index in [2.05, 4.69) is 4.90 Å². The second kappa shape index (κ2) is 2.69. The first kappa shape index (κ1) is 8.48. The third kappa shape index (κ3) is 1.49. The van der Waals surface area contributed by atoms with Gasteiger partial charge in [-0.1, -0.05) is 0 Å². The monoisotopic (exact) mass is 170 g/mol. The Morgan fingerprint density at radius 1 is 1.50 bits per heavy atom. The lowest BCUT2D eigenvalue weighted by Gasteiger charge is -2.39. The lowest BCUT2D eigenvalue weighted by Crippen LogP contribution is -2.50. The maximum atomic E-state index is 9.73. The van der Waals surface area contributed by atoms with E-state index in [1.165, 1.54) is 0 Å². The van der Waals surface area contributed by atoms with Gasteiger partial charge >= 0.3 is 0 Å². The molecule has 0 radical (unpaired) electrons. The SMILES string of the molecule is CC1(O)CCN(C2CC(N)C2)C1. The standard InChI is InChI=1S/C9H18N2O/c1-9(12)2-3-11(6-9)8-4-7(10)5-8/h7-8,12H,2-6,10H2,1H3. The normalized spacial score (nSPS) is 49.2. The lowest BCUT2D eigenvalue weighted by atomic mass is 9.86. The minimum absolute atomic E-state index is 0.417. The molecule has 1 heterocycles. The van der Waals surface area contributed by atoms with E-state index in [0.29, 0.717) is 12.1 Å². The summed E-state index contributed by atoms with van der Waals surface area (Å²) in [7, 11) is 0. The molecule has 0 aromatic rings. The van der Waals surface area contributed by atoms with Gasteiger partial charge in [0.2, 0.25) is 0 Å². The highest BCUT2D eigenvalue weighted by Crippen LogP contribution is 2.30. The highest BCUT2D eigenvalue weighted by molar-refractivity contribution is 4.96. The molecule has 1 aliphatic heterocycles. The second-order valence-corrected chi connectivity index (χ2v) is 4.60. The van der Waals surface area contributed by atoms with Crippen molar-refractivity contribution in [3.05, 3.63) is 0 Å². The zero-order chi connectivity index (χ0) is 8.77. The van der Waals surface area contributed by atoms with Crippen molar-refractivity contribution < 1.29 is 5.11 Å². The van der Waals surface area contributed by atoms with Gasteiger partial charge in [0, 0.05) is 25.2 Å². The predicted molar refractivity (Wildman–Crippen MR) is 47.8 cm³/mol. The number of nitrogens with two attached hydrogens (primary N) is 1. The highest BCUT2D eigenvalue weighted by atomic mass is 16.3. The minimum atomic E-state index is -0.445. The average Bonchev–Trinajstić information content (AvgIpc) is 2.23. The maximum Gasteiger partial charge on any atom is 0.0758 e. The number of aliphatic hydroxyl groups is 1. The summed E-state index contributed by atoms with van der Waals surface area (Å²) >= 11 is 0. The van der Waals surface area contributed by atoms with Crippen molar-refractivity contribution in [2.45, 2.75) is 43.9 Å². The molecule has 12 heavy (non-hydrogen) atoms. The van der Waals surface area contributed by atoms with Gasteiger partial charge in [-0.2, -0.15) is 0 Å². The molecule has 2 aliphatic rings. The molecule has 1 saturated heterocycles. The Hall–Kier alpha value is -0.120. The fourth-order valence-electron chi connectivity index (χ4n) is 2.22. The summed E-state index contributed by atoms with van der Waals surface area (Å²) in [6.07, 6.45) is 3.16. The van der Waals surface area contributed by atoms with E-state index in [1.807, 2.05) is 6.92 Å². The van der Waals surface area contributed by atoms with Crippen LogP contribution in [0.1, 0.15) is 26.2 Å². The molecule has 70 valence electrons. The third-order valence-corrected chi connectivity index (χ3v) is 3.15. The first-order valence-electron chi connectivity index (χ1n) is 4.79. The molecule has 1 aliphatic carbocycles. The number of hydrogen-bond donors (Lipinski definition) is 2. The maximum absolute atomic E-state index is 9.73. The molecule has 3 nitrogen and oxygen atoms in total. The van der Waals surface area contributed by atoms with Crippen LogP contribution in [0.4, 0.5) is 0 Å². The van der Waals surface area contributed by atoms with Gasteiger partial charge in [-0.3, -0.25) is 4.90 Å². The lowest BCUT2D eigenvalue weighted by molar-refractivity contribution is 0.0494. The van der Waals surface area contributed by atoms with Crippen LogP contribution in [-0.4, -0.2) is 40.8 Å². The summed E-state index contributed by atoms with van der Waals surface area (Å²) in [5, 5.41) is 9.73.